The first-order chi connectivity index (χ1) is 7.81. The second-order valence-corrected chi connectivity index (χ2v) is 4.11. The van der Waals surface area contributed by atoms with E-state index < -0.39 is 0 Å². The second-order valence-electron chi connectivity index (χ2n) is 4.11. The van der Waals surface area contributed by atoms with Gasteiger partial charge in [0, 0.05) is 31.5 Å². The molecular weight excluding hydrogens is 204 g/mol. The zero-order chi connectivity index (χ0) is 11.4. The van der Waals surface area contributed by atoms with Crippen LogP contribution in [0.2, 0.25) is 0 Å². The minimum atomic E-state index is 0.0577. The lowest BCUT2D eigenvalue weighted by atomic mass is 9.88. The van der Waals surface area contributed by atoms with Gasteiger partial charge in [-0.3, -0.25) is 0 Å². The molecule has 0 spiro atoms. The Balaban J connectivity index is 2.04. The number of rotatable bonds is 3. The number of pyridine rings is 1. The molecule has 4 heteroatoms. The van der Waals surface area contributed by atoms with E-state index in [0.717, 1.165) is 31.6 Å². The van der Waals surface area contributed by atoms with Gasteiger partial charge in [0.15, 0.2) is 0 Å². The molecular formula is C12H18N2O2. The van der Waals surface area contributed by atoms with Crippen LogP contribution in [0.4, 0.5) is 0 Å². The van der Waals surface area contributed by atoms with Gasteiger partial charge in [-0.05, 0) is 24.3 Å². The maximum absolute atomic E-state index is 6.22. The van der Waals surface area contributed by atoms with Crippen LogP contribution in [-0.2, 0) is 4.74 Å². The Morgan fingerprint density at radius 3 is 2.75 bits per heavy atom. The van der Waals surface area contributed by atoms with Crippen LogP contribution in [0.3, 0.4) is 0 Å². The van der Waals surface area contributed by atoms with Crippen molar-refractivity contribution in [1.29, 1.82) is 0 Å². The van der Waals surface area contributed by atoms with Crippen molar-refractivity contribution in [3.63, 3.8) is 0 Å². The topological polar surface area (TPSA) is 57.4 Å². The fraction of sp³-hybridized carbons (Fsp3) is 0.583. The van der Waals surface area contributed by atoms with Crippen molar-refractivity contribution in [2.75, 3.05) is 20.3 Å². The van der Waals surface area contributed by atoms with E-state index in [-0.39, 0.29) is 6.04 Å². The van der Waals surface area contributed by atoms with Gasteiger partial charge in [-0.15, -0.1) is 0 Å². The summed E-state index contributed by atoms with van der Waals surface area (Å²) < 4.78 is 10.4. The van der Waals surface area contributed by atoms with Gasteiger partial charge < -0.3 is 15.2 Å². The third-order valence-electron chi connectivity index (χ3n) is 3.13. The van der Waals surface area contributed by atoms with Gasteiger partial charge in [-0.25, -0.2) is 4.98 Å². The van der Waals surface area contributed by atoms with E-state index in [9.17, 15) is 0 Å². The first-order valence-corrected chi connectivity index (χ1v) is 5.64. The molecule has 1 atom stereocenters. The van der Waals surface area contributed by atoms with E-state index in [1.165, 1.54) is 0 Å². The number of hydrogen-bond acceptors (Lipinski definition) is 4. The highest BCUT2D eigenvalue weighted by Crippen LogP contribution is 2.28. The zero-order valence-corrected chi connectivity index (χ0v) is 9.56. The summed E-state index contributed by atoms with van der Waals surface area (Å²) in [7, 11) is 1.61. The SMILES string of the molecule is COc1ccc([C@H](N)C2CCOCC2)cn1. The van der Waals surface area contributed by atoms with Crippen molar-refractivity contribution in [3.8, 4) is 5.88 Å². The first-order valence-electron chi connectivity index (χ1n) is 5.64. The standard InChI is InChI=1S/C12H18N2O2/c1-15-11-3-2-10(8-14-11)12(13)9-4-6-16-7-5-9/h2-3,8-9,12H,4-7,13H2,1H3/t12-/m1/s1. The Bertz CT molecular complexity index is 320. The van der Waals surface area contributed by atoms with Crippen LogP contribution in [0.1, 0.15) is 24.4 Å². The van der Waals surface area contributed by atoms with Gasteiger partial charge >= 0.3 is 0 Å². The predicted molar refractivity (Wildman–Crippen MR) is 61.3 cm³/mol. The van der Waals surface area contributed by atoms with Gasteiger partial charge in [0.25, 0.3) is 0 Å². The Morgan fingerprint density at radius 2 is 2.19 bits per heavy atom. The van der Waals surface area contributed by atoms with Crippen LogP contribution in [0.25, 0.3) is 0 Å². The van der Waals surface area contributed by atoms with E-state index in [1.54, 1.807) is 13.3 Å². The van der Waals surface area contributed by atoms with Crippen LogP contribution in [0.5, 0.6) is 5.88 Å². The third kappa shape index (κ3) is 2.51. The van der Waals surface area contributed by atoms with Crippen LogP contribution >= 0.6 is 0 Å². The summed E-state index contributed by atoms with van der Waals surface area (Å²) in [5.74, 6) is 1.13. The van der Waals surface area contributed by atoms with Crippen molar-refractivity contribution in [1.82, 2.24) is 4.98 Å². The highest BCUT2D eigenvalue weighted by molar-refractivity contribution is 5.21. The van der Waals surface area contributed by atoms with Crippen molar-refractivity contribution in [3.05, 3.63) is 23.9 Å². The molecule has 0 aromatic carbocycles. The largest absolute Gasteiger partial charge is 0.481 e. The quantitative estimate of drug-likeness (QED) is 0.842. The lowest BCUT2D eigenvalue weighted by Crippen LogP contribution is -2.27. The summed E-state index contributed by atoms with van der Waals surface area (Å²) in [6, 6.07) is 3.91. The fourth-order valence-electron chi connectivity index (χ4n) is 2.06. The van der Waals surface area contributed by atoms with Gasteiger partial charge in [0.2, 0.25) is 5.88 Å². The smallest absolute Gasteiger partial charge is 0.212 e. The lowest BCUT2D eigenvalue weighted by Gasteiger charge is -2.27. The molecule has 0 amide bonds. The minimum absolute atomic E-state index is 0.0577. The summed E-state index contributed by atoms with van der Waals surface area (Å²) in [6.45, 7) is 1.64. The van der Waals surface area contributed by atoms with E-state index in [0.29, 0.717) is 11.8 Å². The molecule has 16 heavy (non-hydrogen) atoms. The maximum atomic E-state index is 6.22. The molecule has 2 rings (SSSR count). The van der Waals surface area contributed by atoms with Crippen LogP contribution in [-0.4, -0.2) is 25.3 Å². The molecule has 1 saturated heterocycles. The Kier molecular flexibility index (Phi) is 3.74. The van der Waals surface area contributed by atoms with Crippen LogP contribution < -0.4 is 10.5 Å². The molecule has 2 N–H and O–H groups in total. The number of nitrogens with two attached hydrogens (primary N) is 1. The molecule has 88 valence electrons. The molecule has 0 saturated carbocycles. The number of hydrogen-bond donors (Lipinski definition) is 1. The molecule has 1 aromatic heterocycles. The van der Waals surface area contributed by atoms with Crippen molar-refractivity contribution >= 4 is 0 Å². The fourth-order valence-corrected chi connectivity index (χ4v) is 2.06. The van der Waals surface area contributed by atoms with E-state index in [1.807, 2.05) is 12.1 Å². The summed E-state index contributed by atoms with van der Waals surface area (Å²) in [4.78, 5) is 4.18. The van der Waals surface area contributed by atoms with Gasteiger partial charge in [0.1, 0.15) is 0 Å². The average molecular weight is 222 g/mol. The number of methoxy groups -OCH3 is 1. The van der Waals surface area contributed by atoms with Crippen molar-refractivity contribution < 1.29 is 9.47 Å². The molecule has 1 aromatic rings. The molecule has 4 nitrogen and oxygen atoms in total. The molecule has 1 fully saturated rings. The summed E-state index contributed by atoms with van der Waals surface area (Å²) in [6.07, 6.45) is 3.87. The summed E-state index contributed by atoms with van der Waals surface area (Å²) in [5, 5.41) is 0. The van der Waals surface area contributed by atoms with Gasteiger partial charge in [-0.2, -0.15) is 0 Å². The molecule has 0 unspecified atom stereocenters. The van der Waals surface area contributed by atoms with Crippen molar-refractivity contribution in [2.45, 2.75) is 18.9 Å². The average Bonchev–Trinajstić information content (AvgIpc) is 2.39. The van der Waals surface area contributed by atoms with E-state index in [4.69, 9.17) is 15.2 Å². The molecule has 1 aliphatic rings. The number of aromatic nitrogens is 1. The maximum Gasteiger partial charge on any atom is 0.212 e. The highest BCUT2D eigenvalue weighted by Gasteiger charge is 2.22. The molecule has 1 aliphatic heterocycles. The van der Waals surface area contributed by atoms with Gasteiger partial charge in [-0.1, -0.05) is 6.07 Å². The predicted octanol–water partition coefficient (Wildman–Crippen LogP) is 1.52. The molecule has 2 heterocycles. The summed E-state index contributed by atoms with van der Waals surface area (Å²) >= 11 is 0. The summed E-state index contributed by atoms with van der Waals surface area (Å²) in [5.41, 5.74) is 7.30. The third-order valence-corrected chi connectivity index (χ3v) is 3.13. The second kappa shape index (κ2) is 5.27. The minimum Gasteiger partial charge on any atom is -0.481 e. The van der Waals surface area contributed by atoms with E-state index in [2.05, 4.69) is 4.98 Å². The van der Waals surface area contributed by atoms with Crippen molar-refractivity contribution in [2.24, 2.45) is 11.7 Å². The lowest BCUT2D eigenvalue weighted by molar-refractivity contribution is 0.0583. The van der Waals surface area contributed by atoms with E-state index >= 15 is 0 Å². The Labute approximate surface area is 95.8 Å². The van der Waals surface area contributed by atoms with Gasteiger partial charge in [0.05, 0.1) is 7.11 Å². The monoisotopic (exact) mass is 222 g/mol. The Hall–Kier alpha value is -1.13. The number of ether oxygens (including phenoxy) is 2. The van der Waals surface area contributed by atoms with Crippen LogP contribution in [0.15, 0.2) is 18.3 Å². The highest BCUT2D eigenvalue weighted by atomic mass is 16.5. The normalized spacial score (nSPS) is 19.4. The Morgan fingerprint density at radius 1 is 1.44 bits per heavy atom. The number of nitrogens with zero attached hydrogens (tertiary/aromatic N) is 1. The molecule has 0 radical (unpaired) electrons. The zero-order valence-electron chi connectivity index (χ0n) is 9.56. The molecule has 0 bridgehead atoms. The van der Waals surface area contributed by atoms with Crippen LogP contribution in [0, 0.1) is 5.92 Å². The molecule has 0 aliphatic carbocycles. The first kappa shape index (κ1) is 11.4.